The second-order valence-corrected chi connectivity index (χ2v) is 7.74. The van der Waals surface area contributed by atoms with Crippen molar-refractivity contribution in [1.29, 1.82) is 0 Å². The summed E-state index contributed by atoms with van der Waals surface area (Å²) < 4.78 is 0. The second-order valence-electron chi connectivity index (χ2n) is 7.74. The minimum absolute atomic E-state index is 0.0130. The number of carbonyl (C=O) groups excluding carboxylic acids is 1. The molecule has 6 nitrogen and oxygen atoms in total. The molecule has 0 fully saturated rings. The van der Waals surface area contributed by atoms with Gasteiger partial charge in [-0.15, -0.1) is 0 Å². The number of aromatic amines is 1. The molecule has 34 heavy (non-hydrogen) atoms. The number of nitrogens with one attached hydrogen (secondary N) is 1. The monoisotopic (exact) mass is 470 g/mol. The smallest absolute Gasteiger partial charge is 0.342 e. The average molecular weight is 471 g/mol. The molecule has 1 rings (SSSR count). The highest BCUT2D eigenvalue weighted by Crippen LogP contribution is 2.23. The third kappa shape index (κ3) is 13.6. The molecule has 0 aromatic carbocycles. The van der Waals surface area contributed by atoms with Crippen LogP contribution in [0.25, 0.3) is 0 Å². The van der Waals surface area contributed by atoms with Gasteiger partial charge in [0.25, 0.3) is 0 Å². The van der Waals surface area contributed by atoms with Crippen molar-refractivity contribution in [3.05, 3.63) is 83.8 Å². The lowest BCUT2D eigenvalue weighted by Crippen LogP contribution is -2.13. The van der Waals surface area contributed by atoms with Crippen LogP contribution in [0.15, 0.2) is 67.0 Å². The first-order valence-electron chi connectivity index (χ1n) is 12.0. The van der Waals surface area contributed by atoms with E-state index in [1.54, 1.807) is 13.1 Å². The number of carbonyl (C=O) groups is 1. The van der Waals surface area contributed by atoms with Crippen molar-refractivity contribution >= 4 is 5.97 Å². The van der Waals surface area contributed by atoms with Crippen LogP contribution in [0.3, 0.4) is 0 Å². The van der Waals surface area contributed by atoms with Gasteiger partial charge in [0, 0.05) is 18.9 Å². The van der Waals surface area contributed by atoms with Crippen LogP contribution in [0.4, 0.5) is 0 Å². The SMILES string of the molecule is CC/C=C\C/C=C\C/C=C\C/C=C\C/C=C\CCCC(=O)OOCc1c(CO)c[nH+]c(C)c1O. The Bertz CT molecular complexity index is 853. The zero-order chi connectivity index (χ0) is 24.9. The summed E-state index contributed by atoms with van der Waals surface area (Å²) in [6.07, 6.45) is 29.7. The highest BCUT2D eigenvalue weighted by atomic mass is 17.2. The summed E-state index contributed by atoms with van der Waals surface area (Å²) in [6.45, 7) is 3.45. The minimum Gasteiger partial charge on any atom is -0.502 e. The maximum absolute atomic E-state index is 11.8. The third-order valence-electron chi connectivity index (χ3n) is 4.93. The average Bonchev–Trinajstić information content (AvgIpc) is 2.83. The van der Waals surface area contributed by atoms with Crippen molar-refractivity contribution in [2.24, 2.45) is 0 Å². The number of aromatic nitrogens is 1. The molecule has 6 heteroatoms. The van der Waals surface area contributed by atoms with Gasteiger partial charge in [0.1, 0.15) is 6.61 Å². The molecular formula is C28H40NO5+. The summed E-state index contributed by atoms with van der Waals surface area (Å²) >= 11 is 0. The number of pyridine rings is 1. The molecule has 1 aromatic heterocycles. The fourth-order valence-electron chi connectivity index (χ4n) is 2.96. The summed E-state index contributed by atoms with van der Waals surface area (Å²) in [5, 5.41) is 19.4. The quantitative estimate of drug-likeness (QED) is 0.128. The Kier molecular flexibility index (Phi) is 16.7. The third-order valence-corrected chi connectivity index (χ3v) is 4.93. The van der Waals surface area contributed by atoms with Gasteiger partial charge in [-0.25, -0.2) is 9.78 Å². The fraction of sp³-hybridized carbons (Fsp3) is 0.429. The van der Waals surface area contributed by atoms with Gasteiger partial charge in [0.2, 0.25) is 5.69 Å². The Morgan fingerprint density at radius 2 is 1.50 bits per heavy atom. The normalized spacial score (nSPS) is 12.3. The fourth-order valence-corrected chi connectivity index (χ4v) is 2.96. The van der Waals surface area contributed by atoms with E-state index in [1.807, 2.05) is 0 Å². The molecule has 0 amide bonds. The van der Waals surface area contributed by atoms with Crippen LogP contribution in [0.2, 0.25) is 0 Å². The topological polar surface area (TPSA) is 90.1 Å². The van der Waals surface area contributed by atoms with E-state index >= 15 is 0 Å². The number of hydrogen-bond acceptors (Lipinski definition) is 5. The van der Waals surface area contributed by atoms with Crippen molar-refractivity contribution in [3.63, 3.8) is 0 Å². The van der Waals surface area contributed by atoms with Gasteiger partial charge in [0.15, 0.2) is 11.9 Å². The number of aliphatic hydroxyl groups excluding tert-OH is 1. The standard InChI is InChI=1S/C28H39NO5/c1-3-4-5-6-7-8-9-10-11-12-13-14-15-16-17-18-19-20-27(31)34-33-23-26-25(22-30)21-29-24(2)28(26)32/h4-5,7-8,10-11,13-14,16-17,21,30,32H,3,6,9,12,15,18-20,22-23H2,1-2H3/p+1/b5-4-,8-7-,11-10-,14-13-,17-16-. The Labute approximate surface area is 204 Å². The first kappa shape index (κ1) is 29.1. The molecule has 3 N–H and O–H groups in total. The number of aryl methyl sites for hydroxylation is 1. The molecule has 186 valence electrons. The molecule has 0 spiro atoms. The van der Waals surface area contributed by atoms with E-state index in [0.29, 0.717) is 23.2 Å². The number of allylic oxidation sites excluding steroid dienone is 10. The zero-order valence-corrected chi connectivity index (χ0v) is 20.5. The highest BCUT2D eigenvalue weighted by molar-refractivity contribution is 5.68. The van der Waals surface area contributed by atoms with Crippen LogP contribution >= 0.6 is 0 Å². The van der Waals surface area contributed by atoms with Crippen molar-refractivity contribution in [3.8, 4) is 5.75 Å². The maximum atomic E-state index is 11.8. The van der Waals surface area contributed by atoms with Crippen molar-refractivity contribution in [2.45, 2.75) is 78.4 Å². The maximum Gasteiger partial charge on any atom is 0.342 e. The Morgan fingerprint density at radius 3 is 2.06 bits per heavy atom. The van der Waals surface area contributed by atoms with Crippen molar-refractivity contribution in [2.75, 3.05) is 0 Å². The van der Waals surface area contributed by atoms with Gasteiger partial charge >= 0.3 is 5.97 Å². The van der Waals surface area contributed by atoms with E-state index in [2.05, 4.69) is 72.7 Å². The molecule has 1 heterocycles. The number of hydrogen-bond donors (Lipinski definition) is 2. The second kappa shape index (κ2) is 19.5. The Hall–Kier alpha value is -2.96. The predicted octanol–water partition coefficient (Wildman–Crippen LogP) is 5.90. The summed E-state index contributed by atoms with van der Waals surface area (Å²) in [6, 6.07) is 0. The van der Waals surface area contributed by atoms with Crippen LogP contribution in [-0.4, -0.2) is 16.2 Å². The van der Waals surface area contributed by atoms with Crippen LogP contribution in [0, 0.1) is 6.92 Å². The van der Waals surface area contributed by atoms with Gasteiger partial charge in [-0.05, 0) is 44.9 Å². The van der Waals surface area contributed by atoms with Gasteiger partial charge in [-0.3, -0.25) is 4.89 Å². The lowest BCUT2D eigenvalue weighted by atomic mass is 10.1. The van der Waals surface area contributed by atoms with E-state index in [9.17, 15) is 15.0 Å². The molecule has 0 aliphatic heterocycles. The number of aromatic hydroxyl groups is 1. The molecule has 0 radical (unpaired) electrons. The Balaban J connectivity index is 2.08. The molecule has 0 saturated heterocycles. The van der Waals surface area contributed by atoms with Crippen molar-refractivity contribution < 1.29 is 29.8 Å². The van der Waals surface area contributed by atoms with Crippen LogP contribution in [0.5, 0.6) is 5.75 Å². The lowest BCUT2D eigenvalue weighted by Gasteiger charge is -2.08. The van der Waals surface area contributed by atoms with Gasteiger partial charge in [0.05, 0.1) is 12.2 Å². The number of aliphatic hydroxyl groups is 1. The van der Waals surface area contributed by atoms with Crippen LogP contribution in [-0.2, 0) is 27.8 Å². The summed E-state index contributed by atoms with van der Waals surface area (Å²) in [5.74, 6) is -0.474. The Morgan fingerprint density at radius 1 is 0.941 bits per heavy atom. The first-order chi connectivity index (χ1) is 16.6. The van der Waals surface area contributed by atoms with Crippen molar-refractivity contribution in [1.82, 2.24) is 0 Å². The van der Waals surface area contributed by atoms with Gasteiger partial charge in [-0.1, -0.05) is 67.7 Å². The van der Waals surface area contributed by atoms with Gasteiger partial charge in [-0.2, -0.15) is 4.89 Å². The molecular weight excluding hydrogens is 430 g/mol. The molecule has 0 atom stereocenters. The molecule has 0 aliphatic rings. The molecule has 0 bridgehead atoms. The first-order valence-corrected chi connectivity index (χ1v) is 12.0. The lowest BCUT2D eigenvalue weighted by molar-refractivity contribution is -0.390. The number of unbranched alkanes of at least 4 members (excludes halogenated alkanes) is 1. The largest absolute Gasteiger partial charge is 0.502 e. The summed E-state index contributed by atoms with van der Waals surface area (Å²) in [5.41, 5.74) is 1.42. The van der Waals surface area contributed by atoms with Crippen LogP contribution in [0.1, 0.15) is 75.1 Å². The van der Waals surface area contributed by atoms with E-state index in [1.165, 1.54) is 0 Å². The van der Waals surface area contributed by atoms with E-state index in [0.717, 1.165) is 38.5 Å². The van der Waals surface area contributed by atoms with E-state index in [4.69, 9.17) is 9.78 Å². The van der Waals surface area contributed by atoms with Gasteiger partial charge < -0.3 is 10.2 Å². The molecule has 0 saturated carbocycles. The number of rotatable bonds is 17. The highest BCUT2D eigenvalue weighted by Gasteiger charge is 2.16. The zero-order valence-electron chi connectivity index (χ0n) is 20.5. The minimum atomic E-state index is -0.461. The summed E-state index contributed by atoms with van der Waals surface area (Å²) in [7, 11) is 0. The van der Waals surface area contributed by atoms with Crippen LogP contribution < -0.4 is 4.98 Å². The van der Waals surface area contributed by atoms with E-state index in [-0.39, 0.29) is 25.4 Å². The predicted molar refractivity (Wildman–Crippen MR) is 135 cm³/mol. The molecule has 1 aromatic rings. The summed E-state index contributed by atoms with van der Waals surface area (Å²) in [4.78, 5) is 24.4. The molecule has 0 aliphatic carbocycles. The van der Waals surface area contributed by atoms with E-state index < -0.39 is 5.97 Å². The number of H-pyrrole nitrogens is 1. The molecule has 0 unspecified atom stereocenters.